The molecule has 24 heavy (non-hydrogen) atoms. The molecular weight excluding hydrogens is 416 g/mol. The normalized spacial score (nSPS) is 29.7. The first kappa shape index (κ1) is 20.0. The lowest BCUT2D eigenvalue weighted by atomic mass is 10.5. The van der Waals surface area contributed by atoms with Gasteiger partial charge in [-0.3, -0.25) is 16.7 Å². The molecule has 16 heteroatoms. The minimum Gasteiger partial charge on any atom is -0.267 e. The summed E-state index contributed by atoms with van der Waals surface area (Å²) < 4.78 is 109. The third kappa shape index (κ3) is 6.17. The van der Waals surface area contributed by atoms with Crippen LogP contribution in [0.1, 0.15) is 0 Å². The van der Waals surface area contributed by atoms with E-state index in [9.17, 15) is 33.7 Å². The van der Waals surface area contributed by atoms with Crippen LogP contribution in [-0.2, 0) is 57.2 Å². The van der Waals surface area contributed by atoms with Crippen molar-refractivity contribution in [3.05, 3.63) is 0 Å². The van der Waals surface area contributed by atoms with Gasteiger partial charge in [0.15, 0.2) is 0 Å². The van der Waals surface area contributed by atoms with Crippen LogP contribution in [0.4, 0.5) is 0 Å². The Kier molecular flexibility index (Phi) is 5.61. The summed E-state index contributed by atoms with van der Waals surface area (Å²) in [5.74, 6) is -3.31. The highest BCUT2D eigenvalue weighted by Crippen LogP contribution is 2.16. The van der Waals surface area contributed by atoms with Gasteiger partial charge < -0.3 is 0 Å². The number of hydrogen-bond acceptors (Lipinski definition) is 12. The lowest BCUT2D eigenvalue weighted by molar-refractivity contribution is 0.183. The zero-order valence-corrected chi connectivity index (χ0v) is 15.2. The van der Waals surface area contributed by atoms with Crippen molar-refractivity contribution in [2.24, 2.45) is 0 Å². The monoisotopic (exact) mass is 430 g/mol. The Labute approximate surface area is 139 Å². The summed E-state index contributed by atoms with van der Waals surface area (Å²) in [6.45, 7) is -0.968. The highest BCUT2D eigenvalue weighted by Gasteiger charge is 2.36. The molecule has 2 atom stereocenters. The second kappa shape index (κ2) is 6.75. The smallest absolute Gasteiger partial charge is 0.267 e. The Hall–Kier alpha value is -0.360. The summed E-state index contributed by atoms with van der Waals surface area (Å²) in [5, 5.41) is 0. The van der Waals surface area contributed by atoms with Crippen LogP contribution in [-0.4, -0.2) is 82.1 Å². The van der Waals surface area contributed by atoms with Crippen LogP contribution in [0.25, 0.3) is 0 Å². The molecule has 0 bridgehead atoms. The Morgan fingerprint density at radius 3 is 1.33 bits per heavy atom. The molecule has 2 aliphatic heterocycles. The summed E-state index contributed by atoms with van der Waals surface area (Å²) in [6, 6.07) is 0. The van der Waals surface area contributed by atoms with Crippen LogP contribution in [0, 0.1) is 0 Å². The second-order valence-electron chi connectivity index (χ2n) is 4.98. The van der Waals surface area contributed by atoms with Crippen LogP contribution in [0.5, 0.6) is 0 Å². The fourth-order valence-corrected chi connectivity index (χ4v) is 7.06. The minimum atomic E-state index is -4.36. The Morgan fingerprint density at radius 1 is 0.750 bits per heavy atom. The Balaban J connectivity index is 1.87. The maximum absolute atomic E-state index is 11.7. The predicted molar refractivity (Wildman–Crippen MR) is 76.8 cm³/mol. The summed E-state index contributed by atoms with van der Waals surface area (Å²) >= 11 is 0. The first-order valence-corrected chi connectivity index (χ1v) is 12.6. The van der Waals surface area contributed by atoms with Gasteiger partial charge in [0.25, 0.3) is 40.5 Å². The van der Waals surface area contributed by atoms with Gasteiger partial charge in [-0.1, -0.05) is 0 Å². The van der Waals surface area contributed by atoms with Crippen molar-refractivity contribution in [2.75, 3.05) is 36.2 Å². The summed E-state index contributed by atoms with van der Waals surface area (Å²) in [4.78, 5) is 0. The van der Waals surface area contributed by atoms with Gasteiger partial charge in [-0.15, -0.1) is 0 Å². The molecule has 2 saturated heterocycles. The molecule has 0 saturated carbocycles. The molecule has 2 heterocycles. The van der Waals surface area contributed by atoms with Crippen molar-refractivity contribution < 1.29 is 50.4 Å². The fraction of sp³-hybridized carbons (Fsp3) is 1.00. The molecule has 2 rings (SSSR count). The van der Waals surface area contributed by atoms with Crippen LogP contribution in [0.15, 0.2) is 0 Å². The van der Waals surface area contributed by atoms with Crippen molar-refractivity contribution >= 4 is 40.5 Å². The van der Waals surface area contributed by atoms with Crippen molar-refractivity contribution in [3.63, 3.8) is 0 Å². The standard InChI is InChI=1S/C8H14O12S4/c9-21(10,19-7-3-17-23(13,14)5-7)1-2-22(11,12)20-8-4-18-24(15,16)6-8/h7-8H,1-6H2. The van der Waals surface area contributed by atoms with E-state index in [1.54, 1.807) is 0 Å². The Morgan fingerprint density at radius 2 is 1.08 bits per heavy atom. The number of rotatable bonds is 7. The van der Waals surface area contributed by atoms with E-state index < -0.39 is 88.9 Å². The van der Waals surface area contributed by atoms with E-state index in [0.717, 1.165) is 0 Å². The largest absolute Gasteiger partial charge is 0.270 e. The maximum atomic E-state index is 11.7. The van der Waals surface area contributed by atoms with E-state index in [0.29, 0.717) is 0 Å². The van der Waals surface area contributed by atoms with Crippen LogP contribution >= 0.6 is 0 Å². The van der Waals surface area contributed by atoms with Crippen molar-refractivity contribution in [1.29, 1.82) is 0 Å². The van der Waals surface area contributed by atoms with Gasteiger partial charge in [0, 0.05) is 0 Å². The fourth-order valence-electron chi connectivity index (χ4n) is 1.83. The van der Waals surface area contributed by atoms with Gasteiger partial charge in [0.2, 0.25) is 0 Å². The van der Waals surface area contributed by atoms with Crippen LogP contribution < -0.4 is 0 Å². The first-order chi connectivity index (χ1) is 10.8. The van der Waals surface area contributed by atoms with Gasteiger partial charge in [-0.25, -0.2) is 0 Å². The molecule has 2 fully saturated rings. The highest BCUT2D eigenvalue weighted by atomic mass is 32.2. The molecule has 0 N–H and O–H groups in total. The summed E-state index contributed by atoms with van der Waals surface area (Å²) in [6.07, 6.45) is -2.51. The molecule has 0 aromatic rings. The quantitative estimate of drug-likeness (QED) is 0.378. The number of hydrogen-bond donors (Lipinski definition) is 0. The minimum absolute atomic E-state index is 0.484. The zero-order valence-electron chi connectivity index (χ0n) is 11.9. The van der Waals surface area contributed by atoms with Gasteiger partial charge in [-0.05, 0) is 0 Å². The zero-order chi connectivity index (χ0) is 18.2. The van der Waals surface area contributed by atoms with E-state index in [1.165, 1.54) is 0 Å². The van der Waals surface area contributed by atoms with E-state index in [4.69, 9.17) is 0 Å². The average molecular weight is 430 g/mol. The maximum Gasteiger partial charge on any atom is 0.270 e. The lowest BCUT2D eigenvalue weighted by Crippen LogP contribution is -2.29. The molecule has 0 spiro atoms. The predicted octanol–water partition coefficient (Wildman–Crippen LogP) is -2.86. The third-order valence-electron chi connectivity index (χ3n) is 2.80. The van der Waals surface area contributed by atoms with Gasteiger partial charge in [0.05, 0.1) is 24.7 Å². The lowest BCUT2D eigenvalue weighted by Gasteiger charge is -2.11. The molecule has 0 amide bonds. The summed E-state index contributed by atoms with van der Waals surface area (Å²) in [5.41, 5.74) is 0. The van der Waals surface area contributed by atoms with E-state index >= 15 is 0 Å². The van der Waals surface area contributed by atoms with Crippen LogP contribution in [0.3, 0.4) is 0 Å². The van der Waals surface area contributed by atoms with E-state index in [1.807, 2.05) is 0 Å². The van der Waals surface area contributed by atoms with Gasteiger partial charge in [0.1, 0.15) is 23.7 Å². The van der Waals surface area contributed by atoms with Crippen molar-refractivity contribution in [1.82, 2.24) is 0 Å². The van der Waals surface area contributed by atoms with Crippen molar-refractivity contribution in [3.8, 4) is 0 Å². The van der Waals surface area contributed by atoms with E-state index in [-0.39, 0.29) is 0 Å². The highest BCUT2D eigenvalue weighted by molar-refractivity contribution is 7.90. The topological polar surface area (TPSA) is 173 Å². The molecule has 142 valence electrons. The Bertz CT molecular complexity index is 805. The van der Waals surface area contributed by atoms with E-state index in [2.05, 4.69) is 16.7 Å². The molecule has 12 nitrogen and oxygen atoms in total. The molecule has 2 unspecified atom stereocenters. The second-order valence-corrected chi connectivity index (χ2v) is 11.8. The SMILES string of the molecule is O=S1(=O)CC(OS(=O)(=O)CCS(=O)(=O)OC2COS(=O)(=O)C2)CO1. The molecule has 0 aliphatic carbocycles. The van der Waals surface area contributed by atoms with Crippen molar-refractivity contribution in [2.45, 2.75) is 12.2 Å². The van der Waals surface area contributed by atoms with Crippen LogP contribution in [0.2, 0.25) is 0 Å². The molecule has 0 aromatic carbocycles. The first-order valence-electron chi connectivity index (χ1n) is 6.34. The average Bonchev–Trinajstić information content (AvgIpc) is 2.88. The van der Waals surface area contributed by atoms with Gasteiger partial charge >= 0.3 is 0 Å². The molecule has 2 aliphatic rings. The molecule has 0 aromatic heterocycles. The third-order valence-corrected chi connectivity index (χ3v) is 8.14. The van der Waals surface area contributed by atoms with Gasteiger partial charge in [-0.2, -0.15) is 33.7 Å². The molecule has 0 radical (unpaired) electrons. The molecular formula is C8H14O12S4. The summed E-state index contributed by atoms with van der Waals surface area (Å²) in [7, 11) is -16.4.